The van der Waals surface area contributed by atoms with Crippen LogP contribution < -0.4 is 4.74 Å². The summed E-state index contributed by atoms with van der Waals surface area (Å²) in [5.74, 6) is 1.64. The van der Waals surface area contributed by atoms with Crippen LogP contribution in [0.5, 0.6) is 5.75 Å². The van der Waals surface area contributed by atoms with Crippen molar-refractivity contribution >= 4 is 33.7 Å². The van der Waals surface area contributed by atoms with Crippen LogP contribution in [-0.2, 0) is 13.1 Å². The van der Waals surface area contributed by atoms with Crippen molar-refractivity contribution in [2.75, 3.05) is 7.11 Å². The van der Waals surface area contributed by atoms with Crippen LogP contribution in [0.1, 0.15) is 18.4 Å². The lowest BCUT2D eigenvalue weighted by molar-refractivity contribution is 0.417. The molecule has 0 spiro atoms. The molecule has 1 aliphatic rings. The van der Waals surface area contributed by atoms with Crippen molar-refractivity contribution in [2.45, 2.75) is 25.9 Å². The Morgan fingerprint density at radius 1 is 1.16 bits per heavy atom. The maximum Gasteiger partial charge on any atom is 0.189 e. The predicted molar refractivity (Wildman–Crippen MR) is 142 cm³/mol. The first-order valence-corrected chi connectivity index (χ1v) is 12.7. The van der Waals surface area contributed by atoms with Crippen molar-refractivity contribution in [2.24, 2.45) is 5.92 Å². The van der Waals surface area contributed by atoms with Crippen LogP contribution in [0.3, 0.4) is 0 Å². The molecule has 0 amide bonds. The van der Waals surface area contributed by atoms with Gasteiger partial charge >= 0.3 is 0 Å². The maximum absolute atomic E-state index is 14.5. The Hall–Kier alpha value is -4.24. The smallest absolute Gasteiger partial charge is 0.189 e. The molecule has 1 aromatic carbocycles. The molecule has 7 rings (SSSR count). The fraction of sp³-hybridized carbons (Fsp3) is 0.214. The van der Waals surface area contributed by atoms with Gasteiger partial charge in [0, 0.05) is 36.1 Å². The maximum atomic E-state index is 14.5. The number of hydrogen-bond donors (Lipinski definition) is 0. The summed E-state index contributed by atoms with van der Waals surface area (Å²) in [6, 6.07) is 14.2. The van der Waals surface area contributed by atoms with E-state index in [1.807, 2.05) is 24.4 Å². The minimum atomic E-state index is -0.546. The highest BCUT2D eigenvalue weighted by Crippen LogP contribution is 2.37. The molecule has 5 aromatic heterocycles. The van der Waals surface area contributed by atoms with Gasteiger partial charge in [-0.25, -0.2) is 24.0 Å². The van der Waals surface area contributed by atoms with E-state index in [2.05, 4.69) is 37.4 Å². The van der Waals surface area contributed by atoms with Crippen molar-refractivity contribution in [1.82, 2.24) is 33.9 Å². The Bertz CT molecular complexity index is 1820. The van der Waals surface area contributed by atoms with Gasteiger partial charge in [0.15, 0.2) is 17.5 Å². The second kappa shape index (κ2) is 8.95. The summed E-state index contributed by atoms with van der Waals surface area (Å²) < 4.78 is 26.0. The highest BCUT2D eigenvalue weighted by atomic mass is 35.5. The van der Waals surface area contributed by atoms with E-state index in [0.717, 1.165) is 45.7 Å². The average Bonchev–Trinajstić information content (AvgIpc) is 3.33. The number of ether oxygens (including phenoxy) is 1. The number of benzene rings is 1. The van der Waals surface area contributed by atoms with Crippen LogP contribution in [0, 0.1) is 17.8 Å². The van der Waals surface area contributed by atoms with E-state index in [0.29, 0.717) is 18.2 Å². The van der Waals surface area contributed by atoms with Gasteiger partial charge in [0.2, 0.25) is 0 Å². The summed E-state index contributed by atoms with van der Waals surface area (Å²) in [5.41, 5.74) is 4.40. The fourth-order valence-corrected chi connectivity index (χ4v) is 5.08. The van der Waals surface area contributed by atoms with Gasteiger partial charge < -0.3 is 13.9 Å². The largest absolute Gasteiger partial charge is 0.494 e. The van der Waals surface area contributed by atoms with Crippen LogP contribution in [0.2, 0.25) is 5.02 Å². The number of hydrogen-bond acceptors (Lipinski definition) is 5. The van der Waals surface area contributed by atoms with E-state index in [-0.39, 0.29) is 10.8 Å². The van der Waals surface area contributed by atoms with Crippen LogP contribution in [0.15, 0.2) is 61.2 Å². The zero-order valence-corrected chi connectivity index (χ0v) is 21.2. The standard InChI is InChI=1S/C28H22ClFN7O/c1-38-24-6-2-5-22-25(24)36(15-18-12-33-37(16-18)27-21(30)11-20(29)13-32-27)28(34-22)23-10-19-4-3-9-31-26(19)35(23)14-17-7-8-17/h3-6,9-13,16-17H,7-8,14-15H2,1H3. The zero-order chi connectivity index (χ0) is 25.8. The van der Waals surface area contributed by atoms with Gasteiger partial charge in [0.1, 0.15) is 16.9 Å². The Morgan fingerprint density at radius 3 is 2.87 bits per heavy atom. The highest BCUT2D eigenvalue weighted by Gasteiger charge is 2.27. The van der Waals surface area contributed by atoms with Gasteiger partial charge in [-0.2, -0.15) is 5.10 Å². The molecule has 0 saturated heterocycles. The van der Waals surface area contributed by atoms with Crippen molar-refractivity contribution < 1.29 is 9.13 Å². The third-order valence-corrected chi connectivity index (χ3v) is 7.09. The molecule has 1 fully saturated rings. The zero-order valence-electron chi connectivity index (χ0n) is 20.5. The van der Waals surface area contributed by atoms with Gasteiger partial charge in [-0.15, -0.1) is 0 Å². The number of rotatable bonds is 7. The first-order valence-electron chi connectivity index (χ1n) is 12.3. The molecule has 0 atom stereocenters. The molecule has 38 heavy (non-hydrogen) atoms. The molecular weight excluding hydrogens is 505 g/mol. The van der Waals surface area contributed by atoms with Gasteiger partial charge in [-0.1, -0.05) is 11.6 Å². The number of pyridine rings is 2. The Kier molecular flexibility index (Phi) is 5.40. The summed E-state index contributed by atoms with van der Waals surface area (Å²) in [7, 11) is 1.64. The Balaban J connectivity index is 1.39. The molecule has 0 N–H and O–H groups in total. The van der Waals surface area contributed by atoms with Gasteiger partial charge in [-0.3, -0.25) is 0 Å². The fourth-order valence-electron chi connectivity index (χ4n) is 4.93. The first-order chi connectivity index (χ1) is 18.6. The number of imidazole rings is 1. The number of fused-ring (bicyclic) bond motifs is 2. The summed E-state index contributed by atoms with van der Waals surface area (Å²) >= 11 is 5.88. The third kappa shape index (κ3) is 3.90. The summed E-state index contributed by atoms with van der Waals surface area (Å²) in [6.07, 6.45) is 9.14. The molecule has 5 heterocycles. The molecule has 8 nitrogen and oxygen atoms in total. The summed E-state index contributed by atoms with van der Waals surface area (Å²) in [4.78, 5) is 13.8. The minimum Gasteiger partial charge on any atom is -0.494 e. The second-order valence-electron chi connectivity index (χ2n) is 9.53. The van der Waals surface area contributed by atoms with Gasteiger partial charge in [0.05, 0.1) is 36.1 Å². The lowest BCUT2D eigenvalue weighted by atomic mass is 10.2. The molecular formula is C28H22ClFN7O. The van der Waals surface area contributed by atoms with Crippen LogP contribution in [0.25, 0.3) is 39.4 Å². The van der Waals surface area contributed by atoms with E-state index in [9.17, 15) is 4.39 Å². The molecule has 0 unspecified atom stereocenters. The van der Waals surface area contributed by atoms with Crippen LogP contribution in [-0.4, -0.2) is 41.0 Å². The van der Waals surface area contributed by atoms with E-state index in [1.165, 1.54) is 29.8 Å². The molecule has 0 bridgehead atoms. The van der Waals surface area contributed by atoms with Gasteiger partial charge in [0.25, 0.3) is 0 Å². The number of aromatic nitrogens is 7. The Morgan fingerprint density at radius 2 is 2.05 bits per heavy atom. The lowest BCUT2D eigenvalue weighted by Crippen LogP contribution is -2.08. The molecule has 1 radical (unpaired) electrons. The summed E-state index contributed by atoms with van der Waals surface area (Å²) in [5, 5.41) is 5.66. The quantitative estimate of drug-likeness (QED) is 0.267. The van der Waals surface area contributed by atoms with Crippen molar-refractivity contribution in [1.29, 1.82) is 0 Å². The molecule has 189 valence electrons. The summed E-state index contributed by atoms with van der Waals surface area (Å²) in [6.45, 7) is 1.32. The number of methoxy groups -OCH3 is 1. The van der Waals surface area contributed by atoms with Crippen molar-refractivity contribution in [3.63, 3.8) is 0 Å². The molecule has 10 heteroatoms. The topological polar surface area (TPSA) is 75.6 Å². The van der Waals surface area contributed by atoms with E-state index < -0.39 is 5.82 Å². The third-order valence-electron chi connectivity index (χ3n) is 6.89. The molecule has 0 aliphatic heterocycles. The highest BCUT2D eigenvalue weighted by molar-refractivity contribution is 6.30. The molecule has 1 saturated carbocycles. The van der Waals surface area contributed by atoms with E-state index in [4.69, 9.17) is 26.3 Å². The SMILES string of the molecule is COc1c[c]cc2nc(-c3cc4cccnc4n3CC3CC3)n(Cc3cnn(-c4ncc(Cl)cc4F)c3)c12. The molecule has 1 aliphatic carbocycles. The van der Waals surface area contributed by atoms with Crippen LogP contribution in [0.4, 0.5) is 4.39 Å². The minimum absolute atomic E-state index is 0.0826. The van der Waals surface area contributed by atoms with Crippen molar-refractivity contribution in [3.05, 3.63) is 83.7 Å². The predicted octanol–water partition coefficient (Wildman–Crippen LogP) is 5.69. The monoisotopic (exact) mass is 526 g/mol. The van der Waals surface area contributed by atoms with Gasteiger partial charge in [-0.05, 0) is 61.2 Å². The van der Waals surface area contributed by atoms with Crippen molar-refractivity contribution in [3.8, 4) is 23.1 Å². The number of halogens is 2. The lowest BCUT2D eigenvalue weighted by Gasteiger charge is -2.13. The Labute approximate surface area is 222 Å². The van der Waals surface area contributed by atoms with E-state index in [1.54, 1.807) is 19.5 Å². The molecule has 6 aromatic rings. The first kappa shape index (κ1) is 22.9. The second-order valence-corrected chi connectivity index (χ2v) is 9.97. The average molecular weight is 527 g/mol. The number of nitrogens with zero attached hydrogens (tertiary/aromatic N) is 7. The van der Waals surface area contributed by atoms with Crippen LogP contribution >= 0.6 is 11.6 Å². The normalized spacial score (nSPS) is 13.6. The van der Waals surface area contributed by atoms with E-state index >= 15 is 0 Å².